The number of benzene rings is 1. The van der Waals surface area contributed by atoms with Gasteiger partial charge in [0.05, 0.1) is 10.2 Å². The van der Waals surface area contributed by atoms with Crippen molar-refractivity contribution in [2.24, 2.45) is 0 Å². The molecule has 20 heavy (non-hydrogen) atoms. The second-order valence-corrected chi connectivity index (χ2v) is 6.55. The molecule has 5 nitrogen and oxygen atoms in total. The van der Waals surface area contributed by atoms with Crippen LogP contribution in [-0.4, -0.2) is 61.1 Å². The number of thiazole rings is 1. The summed E-state index contributed by atoms with van der Waals surface area (Å²) in [5.41, 5.74) is 7.61. The Morgan fingerprint density at radius 2 is 2.25 bits per heavy atom. The van der Waals surface area contributed by atoms with Crippen LogP contribution >= 0.6 is 11.3 Å². The van der Waals surface area contributed by atoms with Crippen LogP contribution in [0.1, 0.15) is 0 Å². The van der Waals surface area contributed by atoms with Gasteiger partial charge < -0.3 is 16.0 Å². The van der Waals surface area contributed by atoms with Gasteiger partial charge in [0.1, 0.15) is 0 Å². The molecule has 1 saturated heterocycles. The third kappa shape index (κ3) is 2.87. The number of piperazine rings is 1. The normalized spacial score (nSPS) is 21.4. The van der Waals surface area contributed by atoms with Gasteiger partial charge in [0.2, 0.25) is 0 Å². The number of nitrogens with one attached hydrogen (secondary N) is 1. The van der Waals surface area contributed by atoms with Gasteiger partial charge in [0.25, 0.3) is 0 Å². The Balaban J connectivity index is 1.67. The molecule has 1 unspecified atom stereocenters. The summed E-state index contributed by atoms with van der Waals surface area (Å²) < 4.78 is 1.14. The van der Waals surface area contributed by atoms with Crippen LogP contribution in [0.5, 0.6) is 0 Å². The molecule has 1 aliphatic heterocycles. The minimum atomic E-state index is 0.533. The van der Waals surface area contributed by atoms with E-state index in [2.05, 4.69) is 34.2 Å². The van der Waals surface area contributed by atoms with E-state index in [0.29, 0.717) is 6.04 Å². The largest absolute Gasteiger partial charge is 0.399 e. The fourth-order valence-electron chi connectivity index (χ4n) is 2.54. The van der Waals surface area contributed by atoms with Crippen molar-refractivity contribution in [2.75, 3.05) is 51.3 Å². The van der Waals surface area contributed by atoms with Gasteiger partial charge in [-0.3, -0.25) is 4.90 Å². The van der Waals surface area contributed by atoms with Gasteiger partial charge in [-0.25, -0.2) is 4.98 Å². The first-order valence-corrected chi connectivity index (χ1v) is 7.72. The highest BCUT2D eigenvalue weighted by molar-refractivity contribution is 7.22. The van der Waals surface area contributed by atoms with Crippen LogP contribution in [-0.2, 0) is 0 Å². The van der Waals surface area contributed by atoms with E-state index in [9.17, 15) is 0 Å². The number of nitrogens with two attached hydrogens (primary N) is 1. The van der Waals surface area contributed by atoms with E-state index in [1.807, 2.05) is 18.2 Å². The molecular weight excluding hydrogens is 270 g/mol. The topological polar surface area (TPSA) is 57.4 Å². The van der Waals surface area contributed by atoms with Gasteiger partial charge in [0.15, 0.2) is 5.13 Å². The molecule has 1 aromatic carbocycles. The number of fused-ring (bicyclic) bond motifs is 1. The van der Waals surface area contributed by atoms with Gasteiger partial charge in [-0.1, -0.05) is 11.3 Å². The van der Waals surface area contributed by atoms with Crippen molar-refractivity contribution >= 4 is 32.4 Å². The standard InChI is InChI=1S/C14H21N5S/c1-18-5-6-19(2)11(9-18)8-16-14-17-12-4-3-10(15)7-13(12)20-14/h3-4,7,11H,5-6,8-9,15H2,1-2H3,(H,16,17). The molecule has 0 saturated carbocycles. The van der Waals surface area contributed by atoms with E-state index < -0.39 is 0 Å². The SMILES string of the molecule is CN1CCN(C)C(CNc2nc3ccc(N)cc3s2)C1. The molecule has 1 fully saturated rings. The molecule has 2 heterocycles. The molecular formula is C14H21N5S. The maximum atomic E-state index is 5.80. The smallest absolute Gasteiger partial charge is 0.183 e. The third-order valence-electron chi connectivity index (χ3n) is 3.88. The van der Waals surface area contributed by atoms with Crippen LogP contribution in [0.15, 0.2) is 18.2 Å². The molecule has 3 N–H and O–H groups in total. The quantitative estimate of drug-likeness (QED) is 0.840. The van der Waals surface area contributed by atoms with Crippen LogP contribution in [0.3, 0.4) is 0 Å². The lowest BCUT2D eigenvalue weighted by atomic mass is 10.2. The number of nitrogens with zero attached hydrogens (tertiary/aromatic N) is 3. The summed E-state index contributed by atoms with van der Waals surface area (Å²) in [5, 5.41) is 4.45. The van der Waals surface area contributed by atoms with Gasteiger partial charge >= 0.3 is 0 Å². The Kier molecular flexibility index (Phi) is 3.78. The van der Waals surface area contributed by atoms with E-state index >= 15 is 0 Å². The van der Waals surface area contributed by atoms with Crippen LogP contribution in [0.4, 0.5) is 10.8 Å². The highest BCUT2D eigenvalue weighted by Crippen LogP contribution is 2.27. The molecule has 2 aromatic rings. The van der Waals surface area contributed by atoms with Crippen molar-refractivity contribution < 1.29 is 0 Å². The second kappa shape index (κ2) is 5.55. The molecule has 1 aliphatic rings. The summed E-state index contributed by atoms with van der Waals surface area (Å²) in [6.45, 7) is 4.30. The predicted octanol–water partition coefficient (Wildman–Crippen LogP) is 1.54. The van der Waals surface area contributed by atoms with E-state index in [4.69, 9.17) is 5.73 Å². The van der Waals surface area contributed by atoms with Crippen molar-refractivity contribution in [2.45, 2.75) is 6.04 Å². The third-order valence-corrected chi connectivity index (χ3v) is 4.86. The van der Waals surface area contributed by atoms with E-state index in [-0.39, 0.29) is 0 Å². The zero-order chi connectivity index (χ0) is 14.1. The highest BCUT2D eigenvalue weighted by Gasteiger charge is 2.22. The van der Waals surface area contributed by atoms with Gasteiger partial charge in [-0.15, -0.1) is 0 Å². The molecule has 3 rings (SSSR count). The van der Waals surface area contributed by atoms with Crippen LogP contribution in [0.25, 0.3) is 10.2 Å². The highest BCUT2D eigenvalue weighted by atomic mass is 32.1. The lowest BCUT2D eigenvalue weighted by Crippen LogP contribution is -2.52. The maximum Gasteiger partial charge on any atom is 0.183 e. The molecule has 0 aliphatic carbocycles. The van der Waals surface area contributed by atoms with Crippen LogP contribution in [0, 0.1) is 0 Å². The molecule has 6 heteroatoms. The molecule has 0 spiro atoms. The fraction of sp³-hybridized carbons (Fsp3) is 0.500. The number of rotatable bonds is 3. The first-order chi connectivity index (χ1) is 9.61. The number of aromatic nitrogens is 1. The molecule has 1 aromatic heterocycles. The summed E-state index contributed by atoms with van der Waals surface area (Å²) in [7, 11) is 4.37. The number of hydrogen-bond acceptors (Lipinski definition) is 6. The Morgan fingerprint density at radius 3 is 3.10 bits per heavy atom. The average Bonchev–Trinajstić information content (AvgIpc) is 2.81. The first kappa shape index (κ1) is 13.6. The fourth-order valence-corrected chi connectivity index (χ4v) is 3.46. The molecule has 0 radical (unpaired) electrons. The first-order valence-electron chi connectivity index (χ1n) is 6.90. The minimum absolute atomic E-state index is 0.533. The van der Waals surface area contributed by atoms with Crippen molar-refractivity contribution in [3.05, 3.63) is 18.2 Å². The molecule has 0 bridgehead atoms. The number of anilines is 2. The lowest BCUT2D eigenvalue weighted by molar-refractivity contribution is 0.122. The maximum absolute atomic E-state index is 5.80. The zero-order valence-corrected chi connectivity index (χ0v) is 12.8. The predicted molar refractivity (Wildman–Crippen MR) is 86.4 cm³/mol. The molecule has 0 amide bonds. The Hall–Kier alpha value is -1.37. The summed E-state index contributed by atoms with van der Waals surface area (Å²) in [5.74, 6) is 0. The minimum Gasteiger partial charge on any atom is -0.399 e. The number of likely N-dealkylation sites (N-methyl/N-ethyl adjacent to an activating group) is 2. The van der Waals surface area contributed by atoms with Crippen LogP contribution < -0.4 is 11.1 Å². The monoisotopic (exact) mass is 291 g/mol. The Labute approximate surface area is 123 Å². The van der Waals surface area contributed by atoms with E-state index in [1.54, 1.807) is 11.3 Å². The zero-order valence-electron chi connectivity index (χ0n) is 12.0. The number of nitrogen functional groups attached to an aromatic ring is 1. The Bertz CT molecular complexity index is 596. The number of hydrogen-bond donors (Lipinski definition) is 2. The van der Waals surface area contributed by atoms with E-state index in [1.165, 1.54) is 0 Å². The van der Waals surface area contributed by atoms with Crippen molar-refractivity contribution in [3.63, 3.8) is 0 Å². The summed E-state index contributed by atoms with van der Waals surface area (Å²) >= 11 is 1.67. The summed E-state index contributed by atoms with van der Waals surface area (Å²) in [6, 6.07) is 6.40. The van der Waals surface area contributed by atoms with Gasteiger partial charge in [0, 0.05) is 37.9 Å². The Morgan fingerprint density at radius 1 is 1.40 bits per heavy atom. The van der Waals surface area contributed by atoms with Crippen molar-refractivity contribution in [1.82, 2.24) is 14.8 Å². The molecule has 1 atom stereocenters. The van der Waals surface area contributed by atoms with E-state index in [0.717, 1.165) is 47.2 Å². The lowest BCUT2D eigenvalue weighted by Gasteiger charge is -2.37. The summed E-state index contributed by atoms with van der Waals surface area (Å²) in [4.78, 5) is 9.40. The second-order valence-electron chi connectivity index (χ2n) is 5.52. The summed E-state index contributed by atoms with van der Waals surface area (Å²) in [6.07, 6.45) is 0. The average molecular weight is 291 g/mol. The molecule has 108 valence electrons. The van der Waals surface area contributed by atoms with Crippen LogP contribution in [0.2, 0.25) is 0 Å². The van der Waals surface area contributed by atoms with Crippen molar-refractivity contribution in [3.8, 4) is 0 Å². The van der Waals surface area contributed by atoms with Crippen molar-refractivity contribution in [1.29, 1.82) is 0 Å². The van der Waals surface area contributed by atoms with Gasteiger partial charge in [-0.05, 0) is 32.3 Å². The van der Waals surface area contributed by atoms with Gasteiger partial charge in [-0.2, -0.15) is 0 Å².